The van der Waals surface area contributed by atoms with Gasteiger partial charge in [-0.2, -0.15) is 0 Å². The zero-order valence-corrected chi connectivity index (χ0v) is 31.0. The van der Waals surface area contributed by atoms with Gasteiger partial charge in [0.1, 0.15) is 17.5 Å². The molecular formula is C42H40FN5O4S. The quantitative estimate of drug-likeness (QED) is 0.107. The molecule has 1 fully saturated rings. The van der Waals surface area contributed by atoms with Crippen LogP contribution in [0.15, 0.2) is 102 Å². The first-order valence-electron chi connectivity index (χ1n) is 17.4. The van der Waals surface area contributed by atoms with Gasteiger partial charge >= 0.3 is 0 Å². The summed E-state index contributed by atoms with van der Waals surface area (Å²) >= 11 is 1.39. The number of aromatic nitrogens is 2. The average molecular weight is 730 g/mol. The molecule has 11 heteroatoms. The number of carbonyl (C=O) groups is 2. The van der Waals surface area contributed by atoms with Crippen LogP contribution in [-0.4, -0.2) is 51.8 Å². The second-order valence-corrected chi connectivity index (χ2v) is 15.7. The number of nitrogens with zero attached hydrogens (tertiary/aromatic N) is 4. The highest BCUT2D eigenvalue weighted by Gasteiger charge is 2.38. The molecule has 53 heavy (non-hydrogen) atoms. The molecule has 0 unspecified atom stereocenters. The number of amides is 2. The van der Waals surface area contributed by atoms with Crippen molar-refractivity contribution in [2.24, 2.45) is 11.1 Å². The Kier molecular flexibility index (Phi) is 10.9. The lowest BCUT2D eigenvalue weighted by atomic mass is 9.94. The first-order chi connectivity index (χ1) is 25.3. The molecule has 6 rings (SSSR count). The van der Waals surface area contributed by atoms with Crippen molar-refractivity contribution in [2.75, 3.05) is 13.1 Å². The van der Waals surface area contributed by atoms with Gasteiger partial charge in [-0.25, -0.2) is 19.2 Å². The number of hydrogen-bond donors (Lipinski definition) is 1. The molecule has 1 aliphatic heterocycles. The van der Waals surface area contributed by atoms with Crippen molar-refractivity contribution in [1.29, 1.82) is 0 Å². The third kappa shape index (κ3) is 8.38. The lowest BCUT2D eigenvalue weighted by Gasteiger charge is -2.41. The lowest BCUT2D eigenvalue weighted by Crippen LogP contribution is -2.54. The second-order valence-electron chi connectivity index (χ2n) is 14.6. The minimum absolute atomic E-state index is 0.128. The Hall–Kier alpha value is -5.64. The molecule has 0 aliphatic carbocycles. The number of benzene rings is 3. The Morgan fingerprint density at radius 2 is 1.57 bits per heavy atom. The van der Waals surface area contributed by atoms with Crippen molar-refractivity contribution >= 4 is 29.1 Å². The summed E-state index contributed by atoms with van der Waals surface area (Å²) in [6.45, 7) is 10.8. The van der Waals surface area contributed by atoms with Gasteiger partial charge in [-0.1, -0.05) is 95.3 Å². The van der Waals surface area contributed by atoms with Gasteiger partial charge < -0.3 is 10.2 Å². The van der Waals surface area contributed by atoms with E-state index >= 15 is 4.39 Å². The highest BCUT2D eigenvalue weighted by molar-refractivity contribution is 7.14. The van der Waals surface area contributed by atoms with E-state index in [0.29, 0.717) is 27.7 Å². The molecular weight excluding hydrogens is 690 g/mol. The van der Waals surface area contributed by atoms with Crippen LogP contribution in [0.5, 0.6) is 0 Å². The third-order valence-corrected chi connectivity index (χ3v) is 11.0. The first-order valence-corrected chi connectivity index (χ1v) is 18.3. The molecule has 0 spiro atoms. The lowest BCUT2D eigenvalue weighted by molar-refractivity contribution is -0.125. The van der Waals surface area contributed by atoms with Gasteiger partial charge in [-0.05, 0) is 58.2 Å². The van der Waals surface area contributed by atoms with Gasteiger partial charge in [0.05, 0.1) is 16.8 Å². The number of nitroso groups, excluding NO2 is 1. The van der Waals surface area contributed by atoms with Crippen LogP contribution in [0.2, 0.25) is 0 Å². The molecule has 3 aromatic carbocycles. The molecule has 3 heterocycles. The number of hydrogen-bond acceptors (Lipinski definition) is 8. The van der Waals surface area contributed by atoms with Crippen molar-refractivity contribution in [1.82, 2.24) is 20.2 Å². The molecule has 5 aromatic rings. The van der Waals surface area contributed by atoms with E-state index in [-0.39, 0.29) is 42.3 Å². The van der Waals surface area contributed by atoms with E-state index in [4.69, 9.17) is 0 Å². The van der Waals surface area contributed by atoms with Gasteiger partial charge in [0, 0.05) is 52.2 Å². The summed E-state index contributed by atoms with van der Waals surface area (Å²) in [5.74, 6) is 0.784. The Morgan fingerprint density at radius 3 is 2.13 bits per heavy atom. The predicted molar refractivity (Wildman–Crippen MR) is 205 cm³/mol. The Morgan fingerprint density at radius 1 is 0.925 bits per heavy atom. The monoisotopic (exact) mass is 729 g/mol. The maximum Gasteiger partial charge on any atom is 0.292 e. The standard InChI is InChI=1S/C42H40FN5O4S/c1-25(2)27-10-12-28(13-11-27)30-14-15-33(34(43)19-30)31-20-44-39(45-21-31)29-8-6-26(7-9-29)18-35(36(24-49)48-22-32(23-48)40(50)47-52)46-41(51)37-16-17-38(53-37)42(3,4)5/h6-17,19-21,25,32,35H,18,22-23H2,1-5H3,(H,46,51)/t35-/m0/s1. The largest absolute Gasteiger partial charge is 0.362 e. The van der Waals surface area contributed by atoms with E-state index in [1.807, 2.05) is 54.5 Å². The zero-order chi connectivity index (χ0) is 37.9. The molecule has 270 valence electrons. The summed E-state index contributed by atoms with van der Waals surface area (Å²) in [4.78, 5) is 60.5. The van der Waals surface area contributed by atoms with Gasteiger partial charge in [0.15, 0.2) is 5.82 Å². The van der Waals surface area contributed by atoms with Crippen LogP contribution in [0.1, 0.15) is 66.2 Å². The topological polar surface area (TPSA) is 122 Å². The molecule has 0 saturated carbocycles. The van der Waals surface area contributed by atoms with Crippen LogP contribution < -0.4 is 5.32 Å². The molecule has 2 aromatic heterocycles. The van der Waals surface area contributed by atoms with Crippen molar-refractivity contribution in [3.63, 3.8) is 0 Å². The fourth-order valence-corrected chi connectivity index (χ4v) is 7.17. The fourth-order valence-electron chi connectivity index (χ4n) is 6.20. The Balaban J connectivity index is 1.17. The van der Waals surface area contributed by atoms with Crippen molar-refractivity contribution in [3.05, 3.63) is 129 Å². The first kappa shape index (κ1) is 37.1. The van der Waals surface area contributed by atoms with Gasteiger partial charge in [0.25, 0.3) is 11.8 Å². The minimum atomic E-state index is -0.766. The van der Waals surface area contributed by atoms with Crippen molar-refractivity contribution < 1.29 is 18.8 Å². The normalized spacial score (nSPS) is 13.6. The summed E-state index contributed by atoms with van der Waals surface area (Å²) in [6, 6.07) is 23.7. The van der Waals surface area contributed by atoms with E-state index in [2.05, 4.69) is 67.2 Å². The average Bonchev–Trinajstić information content (AvgIpc) is 3.65. The fraction of sp³-hybridized carbons (Fsp3) is 0.286. The predicted octanol–water partition coefficient (Wildman–Crippen LogP) is 8.38. The highest BCUT2D eigenvalue weighted by atomic mass is 32.1. The molecule has 9 nitrogen and oxygen atoms in total. The Labute approximate surface area is 312 Å². The van der Waals surface area contributed by atoms with Gasteiger partial charge in [0.2, 0.25) is 0 Å². The number of halogens is 1. The molecule has 2 amide bonds. The van der Waals surface area contributed by atoms with Crippen LogP contribution in [0.4, 0.5) is 4.39 Å². The molecule has 1 N–H and O–H groups in total. The molecule has 0 radical (unpaired) electrons. The maximum atomic E-state index is 15.3. The minimum Gasteiger partial charge on any atom is -0.362 e. The smallest absolute Gasteiger partial charge is 0.292 e. The van der Waals surface area contributed by atoms with E-state index in [9.17, 15) is 19.3 Å². The van der Waals surface area contributed by atoms with Crippen LogP contribution in [0.3, 0.4) is 0 Å². The summed E-state index contributed by atoms with van der Waals surface area (Å²) < 4.78 is 15.3. The van der Waals surface area contributed by atoms with Crippen molar-refractivity contribution in [3.8, 4) is 33.6 Å². The number of thiophene rings is 1. The van der Waals surface area contributed by atoms with E-state index in [1.54, 1.807) is 29.4 Å². The number of rotatable bonds is 11. The molecule has 1 atom stereocenters. The van der Waals surface area contributed by atoms with Crippen LogP contribution in [-0.2, 0) is 21.4 Å². The SMILES string of the molecule is CC(C)c1ccc(-c2ccc(-c3cnc(-c4ccc(C[C@H](NC(=O)c5ccc(C(C)(C)C)s5)C(=C=O)N5CC(C(=O)N=O)C5)cc4)nc3)c(F)c2)cc1. The van der Waals surface area contributed by atoms with E-state index in [1.165, 1.54) is 23.0 Å². The number of likely N-dealkylation sites (tertiary alicyclic amines) is 1. The second kappa shape index (κ2) is 15.5. The van der Waals surface area contributed by atoms with Crippen molar-refractivity contribution in [2.45, 2.75) is 58.4 Å². The summed E-state index contributed by atoms with van der Waals surface area (Å²) in [5.41, 5.74) is 5.51. The third-order valence-electron chi connectivity index (χ3n) is 9.46. The van der Waals surface area contributed by atoms with Crippen LogP contribution >= 0.6 is 11.3 Å². The molecule has 1 saturated heterocycles. The summed E-state index contributed by atoms with van der Waals surface area (Å²) in [5, 5.41) is 5.51. The number of nitrogens with one attached hydrogen (secondary N) is 1. The zero-order valence-electron chi connectivity index (χ0n) is 30.2. The molecule has 0 bridgehead atoms. The van der Waals surface area contributed by atoms with Crippen LogP contribution in [0.25, 0.3) is 33.6 Å². The maximum absolute atomic E-state index is 15.3. The summed E-state index contributed by atoms with van der Waals surface area (Å²) in [6.07, 6.45) is 3.45. The van der Waals surface area contributed by atoms with E-state index in [0.717, 1.165) is 27.1 Å². The van der Waals surface area contributed by atoms with Gasteiger partial charge in [-0.15, -0.1) is 16.2 Å². The van der Waals surface area contributed by atoms with Crippen LogP contribution in [0, 0.1) is 16.6 Å². The van der Waals surface area contributed by atoms with E-state index < -0.39 is 17.9 Å². The van der Waals surface area contributed by atoms with Gasteiger partial charge in [-0.3, -0.25) is 9.59 Å². The highest BCUT2D eigenvalue weighted by Crippen LogP contribution is 2.32. The Bertz CT molecular complexity index is 2180. The molecule has 1 aliphatic rings. The number of carbonyl (C=O) groups excluding carboxylic acids is 3. The summed E-state index contributed by atoms with van der Waals surface area (Å²) in [7, 11) is 0.